The highest BCUT2D eigenvalue weighted by Crippen LogP contribution is 2.37. The number of hydrogen-bond acceptors (Lipinski definition) is 7. The minimum Gasteiger partial charge on any atom is -0.464 e. The molecule has 2 aromatic carbocycles. The molecule has 1 aliphatic rings. The van der Waals surface area contributed by atoms with Gasteiger partial charge < -0.3 is 24.7 Å². The van der Waals surface area contributed by atoms with Crippen LogP contribution >= 0.6 is 11.6 Å². The standard InChI is InChI=1S/C23H24ClN3O5/c1-4-15(17-8-5-12(2)32-17)25-19-20(22(29)21(19)28)26-16-7-6-14(24)13-11-27(9-10-31-3)23(30)18(13)16/h5-8,15,25-26H,4,9-11H2,1-3H3/t15-/m1/s1. The molecule has 168 valence electrons. The maximum Gasteiger partial charge on any atom is 0.256 e. The lowest BCUT2D eigenvalue weighted by molar-refractivity contribution is 0.0720. The lowest BCUT2D eigenvalue weighted by atomic mass is 10.1. The number of nitrogens with zero attached hydrogens (tertiary/aromatic N) is 1. The number of carbonyl (C=O) groups excluding carboxylic acids is 1. The number of methoxy groups -OCH3 is 1. The van der Waals surface area contributed by atoms with Crippen LogP contribution in [0.15, 0.2) is 38.3 Å². The van der Waals surface area contributed by atoms with Crippen LogP contribution in [0, 0.1) is 6.92 Å². The van der Waals surface area contributed by atoms with Gasteiger partial charge in [-0.25, -0.2) is 0 Å². The Morgan fingerprint density at radius 3 is 2.56 bits per heavy atom. The zero-order chi connectivity index (χ0) is 23.0. The van der Waals surface area contributed by atoms with Crippen LogP contribution in [-0.2, 0) is 11.3 Å². The van der Waals surface area contributed by atoms with E-state index in [1.165, 1.54) is 0 Å². The van der Waals surface area contributed by atoms with E-state index in [1.807, 2.05) is 26.0 Å². The highest BCUT2D eigenvalue weighted by atomic mass is 35.5. The fourth-order valence-corrected chi connectivity index (χ4v) is 4.12. The van der Waals surface area contributed by atoms with Gasteiger partial charge in [-0.05, 0) is 37.6 Å². The third kappa shape index (κ3) is 3.80. The van der Waals surface area contributed by atoms with Crippen molar-refractivity contribution in [2.75, 3.05) is 30.9 Å². The van der Waals surface area contributed by atoms with Crippen LogP contribution in [0.5, 0.6) is 0 Å². The first-order valence-corrected chi connectivity index (χ1v) is 10.8. The lowest BCUT2D eigenvalue weighted by Crippen LogP contribution is -2.37. The minimum atomic E-state index is -0.636. The Hall–Kier alpha value is -3.10. The molecule has 0 spiro atoms. The Bertz CT molecular complexity index is 1240. The van der Waals surface area contributed by atoms with Crippen molar-refractivity contribution in [3.63, 3.8) is 0 Å². The molecule has 8 nitrogen and oxygen atoms in total. The molecular formula is C23H24ClN3O5. The average Bonchev–Trinajstić information content (AvgIpc) is 3.37. The number of hydrogen-bond donors (Lipinski definition) is 2. The number of carbonyl (C=O) groups is 1. The molecule has 2 N–H and O–H groups in total. The molecule has 0 aliphatic carbocycles. The van der Waals surface area contributed by atoms with Crippen LogP contribution in [0.3, 0.4) is 0 Å². The van der Waals surface area contributed by atoms with Gasteiger partial charge in [0.2, 0.25) is 0 Å². The first-order valence-electron chi connectivity index (χ1n) is 10.4. The first kappa shape index (κ1) is 22.1. The molecule has 1 aliphatic heterocycles. The molecule has 0 fully saturated rings. The number of aryl methyl sites for hydroxylation is 1. The number of fused-ring (bicyclic) bond motifs is 1. The van der Waals surface area contributed by atoms with Crippen molar-refractivity contribution in [1.82, 2.24) is 4.90 Å². The highest BCUT2D eigenvalue weighted by molar-refractivity contribution is 6.32. The van der Waals surface area contributed by atoms with Crippen LogP contribution in [0.2, 0.25) is 5.02 Å². The van der Waals surface area contributed by atoms with Crippen molar-refractivity contribution in [3.8, 4) is 0 Å². The molecule has 0 saturated heterocycles. The predicted octanol–water partition coefficient (Wildman–Crippen LogP) is 3.75. The molecule has 1 amide bonds. The molecule has 32 heavy (non-hydrogen) atoms. The van der Waals surface area contributed by atoms with Crippen molar-refractivity contribution < 1.29 is 13.9 Å². The van der Waals surface area contributed by atoms with E-state index in [1.54, 1.807) is 24.1 Å². The second kappa shape index (κ2) is 8.80. The average molecular weight is 458 g/mol. The van der Waals surface area contributed by atoms with Crippen molar-refractivity contribution in [1.29, 1.82) is 0 Å². The summed E-state index contributed by atoms with van der Waals surface area (Å²) in [7, 11) is 1.57. The molecule has 2 heterocycles. The smallest absolute Gasteiger partial charge is 0.256 e. The first-order chi connectivity index (χ1) is 15.3. The van der Waals surface area contributed by atoms with Gasteiger partial charge in [-0.2, -0.15) is 0 Å². The van der Waals surface area contributed by atoms with Crippen LogP contribution in [0.1, 0.15) is 46.8 Å². The second-order valence-electron chi connectivity index (χ2n) is 7.75. The molecule has 3 aromatic rings. The van der Waals surface area contributed by atoms with Crippen LogP contribution in [-0.4, -0.2) is 31.1 Å². The summed E-state index contributed by atoms with van der Waals surface area (Å²) in [6.07, 6.45) is 0.647. The van der Waals surface area contributed by atoms with Crippen molar-refractivity contribution >= 4 is 34.6 Å². The Balaban J connectivity index is 1.63. The third-order valence-electron chi connectivity index (χ3n) is 5.67. The number of benzene rings is 1. The number of furan rings is 1. The monoisotopic (exact) mass is 457 g/mol. The zero-order valence-electron chi connectivity index (χ0n) is 18.1. The molecular weight excluding hydrogens is 434 g/mol. The number of nitrogens with one attached hydrogen (secondary N) is 2. The summed E-state index contributed by atoms with van der Waals surface area (Å²) < 4.78 is 10.8. The summed E-state index contributed by atoms with van der Waals surface area (Å²) in [5.74, 6) is 1.24. The van der Waals surface area contributed by atoms with E-state index in [4.69, 9.17) is 20.8 Å². The maximum absolute atomic E-state index is 13.0. The van der Waals surface area contributed by atoms with Gasteiger partial charge >= 0.3 is 0 Å². The summed E-state index contributed by atoms with van der Waals surface area (Å²) in [4.78, 5) is 39.3. The number of ether oxygens (including phenoxy) is 1. The molecule has 1 atom stereocenters. The fraction of sp³-hybridized carbons (Fsp3) is 0.348. The van der Waals surface area contributed by atoms with Gasteiger partial charge in [0.1, 0.15) is 22.9 Å². The van der Waals surface area contributed by atoms with Gasteiger partial charge in [0, 0.05) is 30.8 Å². The van der Waals surface area contributed by atoms with E-state index in [0.29, 0.717) is 53.7 Å². The number of halogens is 1. The summed E-state index contributed by atoms with van der Waals surface area (Å²) in [5.41, 5.74) is 0.595. The Labute approximate surface area is 189 Å². The van der Waals surface area contributed by atoms with Gasteiger partial charge in [-0.3, -0.25) is 14.4 Å². The van der Waals surface area contributed by atoms with Gasteiger partial charge in [0.25, 0.3) is 16.8 Å². The zero-order valence-corrected chi connectivity index (χ0v) is 18.8. The van der Waals surface area contributed by atoms with Gasteiger partial charge in [-0.15, -0.1) is 0 Å². The van der Waals surface area contributed by atoms with E-state index < -0.39 is 10.9 Å². The van der Waals surface area contributed by atoms with E-state index >= 15 is 0 Å². The van der Waals surface area contributed by atoms with Crippen LogP contribution in [0.4, 0.5) is 17.1 Å². The van der Waals surface area contributed by atoms with E-state index in [0.717, 1.165) is 5.76 Å². The van der Waals surface area contributed by atoms with Gasteiger partial charge in [-0.1, -0.05) is 18.5 Å². The summed E-state index contributed by atoms with van der Waals surface area (Å²) in [6.45, 7) is 4.98. The van der Waals surface area contributed by atoms with Crippen molar-refractivity contribution in [2.24, 2.45) is 0 Å². The Morgan fingerprint density at radius 2 is 1.91 bits per heavy atom. The van der Waals surface area contributed by atoms with Gasteiger partial charge in [0.15, 0.2) is 0 Å². The normalized spacial score (nSPS) is 14.1. The molecule has 4 rings (SSSR count). The van der Waals surface area contributed by atoms with Crippen molar-refractivity contribution in [2.45, 2.75) is 32.9 Å². The van der Waals surface area contributed by atoms with Crippen LogP contribution < -0.4 is 21.5 Å². The quantitative estimate of drug-likeness (QED) is 0.472. The highest BCUT2D eigenvalue weighted by Gasteiger charge is 2.33. The Kier molecular flexibility index (Phi) is 6.08. The summed E-state index contributed by atoms with van der Waals surface area (Å²) >= 11 is 6.33. The predicted molar refractivity (Wildman–Crippen MR) is 123 cm³/mol. The molecule has 0 bridgehead atoms. The Morgan fingerprint density at radius 1 is 1.16 bits per heavy atom. The van der Waals surface area contributed by atoms with E-state index in [2.05, 4.69) is 10.6 Å². The minimum absolute atomic E-state index is 0.129. The molecule has 0 saturated carbocycles. The second-order valence-corrected chi connectivity index (χ2v) is 8.16. The number of anilines is 3. The molecule has 0 unspecified atom stereocenters. The SMILES string of the molecule is CC[C@@H](Nc1c(Nc2ccc(Cl)c3c2C(=O)N(CCOC)C3)c(=O)c1=O)c1ccc(C)o1. The summed E-state index contributed by atoms with van der Waals surface area (Å²) in [6, 6.07) is 6.74. The topological polar surface area (TPSA) is 101 Å². The van der Waals surface area contributed by atoms with E-state index in [9.17, 15) is 14.4 Å². The molecule has 0 radical (unpaired) electrons. The van der Waals surface area contributed by atoms with Gasteiger partial charge in [0.05, 0.1) is 23.9 Å². The molecule has 9 heteroatoms. The summed E-state index contributed by atoms with van der Waals surface area (Å²) in [5, 5.41) is 6.61. The maximum atomic E-state index is 13.0. The third-order valence-corrected chi connectivity index (χ3v) is 6.03. The van der Waals surface area contributed by atoms with E-state index in [-0.39, 0.29) is 23.3 Å². The fourth-order valence-electron chi connectivity index (χ4n) is 3.90. The largest absolute Gasteiger partial charge is 0.464 e. The van der Waals surface area contributed by atoms with Crippen molar-refractivity contribution in [3.05, 3.63) is 72.4 Å². The molecule has 1 aromatic heterocycles. The number of amides is 1. The van der Waals surface area contributed by atoms with Crippen LogP contribution in [0.25, 0.3) is 0 Å². The lowest BCUT2D eigenvalue weighted by Gasteiger charge is -2.21. The number of rotatable bonds is 9.